The molecule has 2 aromatic rings. The lowest BCUT2D eigenvalue weighted by Crippen LogP contribution is -2.52. The van der Waals surface area contributed by atoms with Gasteiger partial charge in [0.1, 0.15) is 6.54 Å². The summed E-state index contributed by atoms with van der Waals surface area (Å²) in [5.74, 6) is -0.204. The van der Waals surface area contributed by atoms with Crippen LogP contribution in [-0.4, -0.2) is 59.9 Å². The van der Waals surface area contributed by atoms with E-state index in [1.54, 1.807) is 34.8 Å². The molecule has 1 N–H and O–H groups in total. The minimum absolute atomic E-state index is 0.0621. The summed E-state index contributed by atoms with van der Waals surface area (Å²) < 4.78 is 5.15. The summed E-state index contributed by atoms with van der Waals surface area (Å²) in [6.07, 6.45) is 0.667. The predicted octanol–water partition coefficient (Wildman–Crippen LogP) is 4.25. The monoisotopic (exact) mass is 462 g/mol. The molecule has 0 saturated carbocycles. The van der Waals surface area contributed by atoms with Crippen molar-refractivity contribution in [2.45, 2.75) is 45.7 Å². The second-order valence-corrected chi connectivity index (χ2v) is 10.4. The molecule has 1 aliphatic rings. The van der Waals surface area contributed by atoms with Gasteiger partial charge < -0.3 is 15.0 Å². The van der Waals surface area contributed by atoms with E-state index in [0.717, 1.165) is 21.0 Å². The third-order valence-electron chi connectivity index (χ3n) is 4.84. The van der Waals surface area contributed by atoms with E-state index < -0.39 is 5.54 Å². The molecule has 0 spiro atoms. The van der Waals surface area contributed by atoms with Crippen molar-refractivity contribution < 1.29 is 14.3 Å². The van der Waals surface area contributed by atoms with Crippen molar-refractivity contribution in [3.63, 3.8) is 0 Å². The summed E-state index contributed by atoms with van der Waals surface area (Å²) in [6, 6.07) is 5.63. The van der Waals surface area contributed by atoms with Gasteiger partial charge in [0.2, 0.25) is 0 Å². The number of aryl methyl sites for hydroxylation is 1. The molecule has 31 heavy (non-hydrogen) atoms. The molecule has 168 valence electrons. The van der Waals surface area contributed by atoms with Crippen LogP contribution in [0.3, 0.4) is 0 Å². The van der Waals surface area contributed by atoms with E-state index in [-0.39, 0.29) is 24.5 Å². The molecule has 0 fully saturated rings. The lowest BCUT2D eigenvalue weighted by molar-refractivity contribution is -0.133. The topological polar surface area (TPSA) is 74.2 Å². The Morgan fingerprint density at radius 3 is 2.65 bits per heavy atom. The van der Waals surface area contributed by atoms with E-state index in [1.165, 1.54) is 4.90 Å². The molecule has 0 unspecified atom stereocenters. The zero-order valence-electron chi connectivity index (χ0n) is 18.7. The average molecular weight is 463 g/mol. The van der Waals surface area contributed by atoms with E-state index in [4.69, 9.17) is 9.84 Å². The van der Waals surface area contributed by atoms with Gasteiger partial charge in [-0.1, -0.05) is 6.07 Å². The van der Waals surface area contributed by atoms with Crippen molar-refractivity contribution in [1.29, 1.82) is 0 Å². The highest BCUT2D eigenvalue weighted by Gasteiger charge is 2.36. The van der Waals surface area contributed by atoms with E-state index in [9.17, 15) is 9.59 Å². The fourth-order valence-corrected chi connectivity index (χ4v) is 5.09. The van der Waals surface area contributed by atoms with Crippen LogP contribution in [-0.2, 0) is 9.53 Å². The Labute approximate surface area is 191 Å². The number of nitrogens with one attached hydrogen (secondary N) is 1. The third-order valence-corrected chi connectivity index (χ3v) is 6.88. The van der Waals surface area contributed by atoms with E-state index >= 15 is 0 Å². The maximum Gasteiger partial charge on any atom is 0.318 e. The second kappa shape index (κ2) is 9.93. The quantitative estimate of drug-likeness (QED) is 0.668. The zero-order chi connectivity index (χ0) is 22.6. The summed E-state index contributed by atoms with van der Waals surface area (Å²) in [4.78, 5) is 29.9. The number of thiophene rings is 2. The van der Waals surface area contributed by atoms with Crippen molar-refractivity contribution in [2.24, 2.45) is 5.10 Å². The van der Waals surface area contributed by atoms with Crippen LogP contribution in [0, 0.1) is 6.92 Å². The number of hydrogen-bond acceptors (Lipinski definition) is 6. The van der Waals surface area contributed by atoms with Crippen LogP contribution in [0.2, 0.25) is 0 Å². The van der Waals surface area contributed by atoms with Gasteiger partial charge in [-0.2, -0.15) is 5.10 Å². The van der Waals surface area contributed by atoms with Gasteiger partial charge in [-0.15, -0.1) is 22.7 Å². The average Bonchev–Trinajstić information content (AvgIpc) is 3.42. The molecule has 7 nitrogen and oxygen atoms in total. The highest BCUT2D eigenvalue weighted by Crippen LogP contribution is 2.37. The largest absolute Gasteiger partial charge is 0.383 e. The zero-order valence-corrected chi connectivity index (χ0v) is 20.3. The first kappa shape index (κ1) is 23.4. The first-order valence-electron chi connectivity index (χ1n) is 10.2. The van der Waals surface area contributed by atoms with Crippen LogP contribution in [0.4, 0.5) is 4.79 Å². The minimum Gasteiger partial charge on any atom is -0.383 e. The molecule has 0 aliphatic carbocycles. The summed E-state index contributed by atoms with van der Waals surface area (Å²) in [5, 5.41) is 13.3. The number of rotatable bonds is 7. The van der Waals surface area contributed by atoms with E-state index in [0.29, 0.717) is 19.6 Å². The van der Waals surface area contributed by atoms with Gasteiger partial charge in [0.05, 0.1) is 23.2 Å². The van der Waals surface area contributed by atoms with Crippen LogP contribution >= 0.6 is 22.7 Å². The summed E-state index contributed by atoms with van der Waals surface area (Å²) >= 11 is 3.25. The number of carbonyl (C=O) groups excluding carboxylic acids is 2. The highest BCUT2D eigenvalue weighted by molar-refractivity contribution is 7.12. The number of amides is 3. The molecular formula is C22H30N4O3S2. The van der Waals surface area contributed by atoms with E-state index in [2.05, 4.69) is 18.3 Å². The SMILES string of the molecule is COCCN(CC(=O)N1N=C(c2cccs2)C[C@@H]1c1sccc1C)C(=O)NC(C)(C)C. The van der Waals surface area contributed by atoms with Gasteiger partial charge in [-0.3, -0.25) is 4.79 Å². The van der Waals surface area contributed by atoms with Gasteiger partial charge in [0.25, 0.3) is 5.91 Å². The fourth-order valence-electron chi connectivity index (χ4n) is 3.35. The van der Waals surface area contributed by atoms with E-state index in [1.807, 2.05) is 43.7 Å². The Morgan fingerprint density at radius 2 is 2.06 bits per heavy atom. The minimum atomic E-state index is -0.403. The standard InChI is InChI=1S/C22H30N4O3S2/c1-15-8-12-31-20(15)17-13-16(18-7-6-11-30-18)24-26(17)19(27)14-25(9-10-29-5)21(28)23-22(2,3)4/h6-8,11-12,17H,9-10,13-14H2,1-5H3,(H,23,28)/t17-/m1/s1. The number of methoxy groups -OCH3 is 1. The Kier molecular flexibility index (Phi) is 7.51. The van der Waals surface area contributed by atoms with Crippen molar-refractivity contribution >= 4 is 40.3 Å². The molecule has 2 aromatic heterocycles. The van der Waals surface area contributed by atoms with Crippen LogP contribution < -0.4 is 5.32 Å². The summed E-state index contributed by atoms with van der Waals surface area (Å²) in [7, 11) is 1.58. The Hall–Kier alpha value is -2.23. The molecule has 3 rings (SSSR count). The molecular weight excluding hydrogens is 432 g/mol. The maximum absolute atomic E-state index is 13.4. The molecule has 3 heterocycles. The second-order valence-electron chi connectivity index (χ2n) is 8.54. The maximum atomic E-state index is 13.4. The van der Waals surface area contributed by atoms with Crippen LogP contribution in [0.1, 0.15) is 48.6 Å². The summed E-state index contributed by atoms with van der Waals surface area (Å²) in [5.41, 5.74) is 1.65. The molecule has 0 bridgehead atoms. The Balaban J connectivity index is 1.83. The first-order chi connectivity index (χ1) is 14.7. The number of hydrazone groups is 1. The Morgan fingerprint density at radius 1 is 1.29 bits per heavy atom. The molecule has 0 aromatic carbocycles. The lowest BCUT2D eigenvalue weighted by Gasteiger charge is -2.30. The fraction of sp³-hybridized carbons (Fsp3) is 0.500. The number of carbonyl (C=O) groups is 2. The Bertz CT molecular complexity index is 931. The van der Waals surface area contributed by atoms with Gasteiger partial charge in [-0.25, -0.2) is 9.80 Å². The van der Waals surface area contributed by atoms with Gasteiger partial charge in [0, 0.05) is 30.5 Å². The van der Waals surface area contributed by atoms with Crippen LogP contribution in [0.5, 0.6) is 0 Å². The van der Waals surface area contributed by atoms with Crippen molar-refractivity contribution in [2.75, 3.05) is 26.8 Å². The van der Waals surface area contributed by atoms with Gasteiger partial charge in [-0.05, 0) is 56.2 Å². The number of urea groups is 1. The van der Waals surface area contributed by atoms with Crippen molar-refractivity contribution in [3.05, 3.63) is 44.3 Å². The summed E-state index contributed by atoms with van der Waals surface area (Å²) in [6.45, 7) is 8.40. The van der Waals surface area contributed by atoms with Gasteiger partial charge >= 0.3 is 6.03 Å². The molecule has 3 amide bonds. The molecule has 0 saturated heterocycles. The predicted molar refractivity (Wildman–Crippen MR) is 126 cm³/mol. The number of nitrogens with zero attached hydrogens (tertiary/aromatic N) is 3. The molecule has 1 atom stereocenters. The van der Waals surface area contributed by atoms with Crippen molar-refractivity contribution in [3.8, 4) is 0 Å². The first-order valence-corrected chi connectivity index (χ1v) is 12.0. The number of hydrogen-bond donors (Lipinski definition) is 1. The number of ether oxygens (including phenoxy) is 1. The van der Waals surface area contributed by atoms with Crippen LogP contribution in [0.25, 0.3) is 0 Å². The third kappa shape index (κ3) is 5.93. The molecule has 9 heteroatoms. The smallest absolute Gasteiger partial charge is 0.318 e. The molecule has 0 radical (unpaired) electrons. The molecule has 1 aliphatic heterocycles. The highest BCUT2D eigenvalue weighted by atomic mass is 32.1. The normalized spacial score (nSPS) is 16.4. The van der Waals surface area contributed by atoms with Gasteiger partial charge in [0.15, 0.2) is 0 Å². The van der Waals surface area contributed by atoms with Crippen molar-refractivity contribution in [1.82, 2.24) is 15.2 Å². The lowest BCUT2D eigenvalue weighted by atomic mass is 10.1. The van der Waals surface area contributed by atoms with Crippen LogP contribution in [0.15, 0.2) is 34.1 Å².